The molecule has 0 unspecified atom stereocenters. The number of nitrogens with zero attached hydrogens (tertiary/aromatic N) is 3. The van der Waals surface area contributed by atoms with Crippen LogP contribution in [0.3, 0.4) is 0 Å². The van der Waals surface area contributed by atoms with Crippen molar-refractivity contribution in [1.82, 2.24) is 14.7 Å². The number of rotatable bonds is 5. The van der Waals surface area contributed by atoms with Crippen LogP contribution in [-0.2, 0) is 27.4 Å². The highest BCUT2D eigenvalue weighted by atomic mass is 16.5. The Kier molecular flexibility index (Phi) is 6.09. The topological polar surface area (TPSA) is 70.2 Å². The molecule has 0 saturated carbocycles. The molecule has 2 fully saturated rings. The molecule has 156 valence electrons. The highest BCUT2D eigenvalue weighted by Gasteiger charge is 2.32. The van der Waals surface area contributed by atoms with E-state index in [0.29, 0.717) is 58.0 Å². The van der Waals surface area contributed by atoms with Crippen molar-refractivity contribution < 1.29 is 19.1 Å². The van der Waals surface area contributed by atoms with Crippen molar-refractivity contribution in [3.63, 3.8) is 0 Å². The van der Waals surface area contributed by atoms with Gasteiger partial charge in [0.25, 0.3) is 5.91 Å². The Hall–Kier alpha value is -3.19. The summed E-state index contributed by atoms with van der Waals surface area (Å²) < 4.78 is 5.29. The summed E-state index contributed by atoms with van der Waals surface area (Å²) >= 11 is 0. The summed E-state index contributed by atoms with van der Waals surface area (Å²) in [4.78, 5) is 42.6. The van der Waals surface area contributed by atoms with Gasteiger partial charge in [-0.05, 0) is 23.3 Å². The van der Waals surface area contributed by atoms with Gasteiger partial charge in [0.2, 0.25) is 0 Å². The minimum Gasteiger partial charge on any atom is -0.378 e. The third-order valence-electron chi connectivity index (χ3n) is 5.49. The molecule has 2 heterocycles. The summed E-state index contributed by atoms with van der Waals surface area (Å²) in [7, 11) is 0. The Labute approximate surface area is 175 Å². The Morgan fingerprint density at radius 3 is 1.83 bits per heavy atom. The number of ether oxygens (including phenoxy) is 1. The molecule has 0 spiro atoms. The van der Waals surface area contributed by atoms with Crippen LogP contribution in [0.4, 0.5) is 0 Å². The quantitative estimate of drug-likeness (QED) is 0.705. The molecule has 0 N–H and O–H groups in total. The molecule has 2 aliphatic rings. The van der Waals surface area contributed by atoms with E-state index in [-0.39, 0.29) is 5.91 Å². The van der Waals surface area contributed by atoms with E-state index in [1.54, 1.807) is 26.8 Å². The molecule has 7 heteroatoms. The molecule has 0 radical (unpaired) electrons. The second-order valence-corrected chi connectivity index (χ2v) is 7.54. The summed E-state index contributed by atoms with van der Waals surface area (Å²) in [6, 6.07) is 16.9. The first-order chi connectivity index (χ1) is 14.6. The summed E-state index contributed by atoms with van der Waals surface area (Å²) in [6.45, 7) is 4.13. The lowest BCUT2D eigenvalue weighted by molar-refractivity contribution is -0.156. The van der Waals surface area contributed by atoms with E-state index < -0.39 is 11.8 Å². The van der Waals surface area contributed by atoms with Gasteiger partial charge in [-0.15, -0.1) is 0 Å². The van der Waals surface area contributed by atoms with Crippen molar-refractivity contribution >= 4 is 17.7 Å². The molecule has 0 aliphatic carbocycles. The number of morpholine rings is 1. The molecular formula is C23H25N3O4. The van der Waals surface area contributed by atoms with Crippen LogP contribution in [0.25, 0.3) is 0 Å². The second-order valence-electron chi connectivity index (χ2n) is 7.54. The van der Waals surface area contributed by atoms with Crippen LogP contribution in [-0.4, -0.2) is 71.8 Å². The van der Waals surface area contributed by atoms with E-state index >= 15 is 0 Å². The lowest BCUT2D eigenvalue weighted by Crippen LogP contribution is -2.53. The molecule has 0 aromatic heterocycles. The summed E-state index contributed by atoms with van der Waals surface area (Å²) in [6.07, 6.45) is 0. The van der Waals surface area contributed by atoms with Gasteiger partial charge in [-0.1, -0.05) is 42.5 Å². The van der Waals surface area contributed by atoms with Crippen molar-refractivity contribution in [3.8, 4) is 0 Å². The first-order valence-corrected chi connectivity index (χ1v) is 10.2. The number of hydrogen-bond acceptors (Lipinski definition) is 4. The molecule has 2 aliphatic heterocycles. The SMILES string of the molecule is O=C1C(=O)N(Cc2ccc(C(=O)N3CCOCC3)cc2)CCN1Cc1ccccc1. The van der Waals surface area contributed by atoms with Crippen molar-refractivity contribution in [2.75, 3.05) is 39.4 Å². The number of amides is 3. The van der Waals surface area contributed by atoms with Gasteiger partial charge in [0, 0.05) is 44.8 Å². The van der Waals surface area contributed by atoms with E-state index in [1.807, 2.05) is 42.5 Å². The van der Waals surface area contributed by atoms with E-state index in [2.05, 4.69) is 0 Å². The van der Waals surface area contributed by atoms with Gasteiger partial charge in [-0.3, -0.25) is 14.4 Å². The normalized spacial score (nSPS) is 17.4. The van der Waals surface area contributed by atoms with Crippen molar-refractivity contribution in [2.45, 2.75) is 13.1 Å². The standard InChI is InChI=1S/C23H25N3O4/c27-21(24-12-14-30-15-13-24)20-8-6-19(7-9-20)17-26-11-10-25(22(28)23(26)29)16-18-4-2-1-3-5-18/h1-9H,10-17H2. The van der Waals surface area contributed by atoms with Gasteiger partial charge in [-0.25, -0.2) is 0 Å². The largest absolute Gasteiger partial charge is 0.378 e. The first kappa shape index (κ1) is 20.1. The Balaban J connectivity index is 1.35. The van der Waals surface area contributed by atoms with Gasteiger partial charge in [0.05, 0.1) is 13.2 Å². The van der Waals surface area contributed by atoms with Crippen LogP contribution in [0.15, 0.2) is 54.6 Å². The Bertz CT molecular complexity index is 908. The fourth-order valence-electron chi connectivity index (χ4n) is 3.74. The van der Waals surface area contributed by atoms with Crippen LogP contribution >= 0.6 is 0 Å². The van der Waals surface area contributed by atoms with Crippen molar-refractivity contribution in [2.24, 2.45) is 0 Å². The van der Waals surface area contributed by atoms with Crippen molar-refractivity contribution in [3.05, 3.63) is 71.3 Å². The smallest absolute Gasteiger partial charge is 0.312 e. The maximum absolute atomic E-state index is 12.6. The molecule has 0 atom stereocenters. The van der Waals surface area contributed by atoms with Gasteiger partial charge in [0.15, 0.2) is 0 Å². The second kappa shape index (κ2) is 9.09. The molecule has 0 bridgehead atoms. The zero-order valence-electron chi connectivity index (χ0n) is 16.8. The minimum absolute atomic E-state index is 0.00868. The van der Waals surface area contributed by atoms with Crippen LogP contribution in [0.5, 0.6) is 0 Å². The number of hydrogen-bond donors (Lipinski definition) is 0. The van der Waals surface area contributed by atoms with Gasteiger partial charge >= 0.3 is 11.8 Å². The average Bonchev–Trinajstić information content (AvgIpc) is 2.80. The maximum Gasteiger partial charge on any atom is 0.312 e. The number of carbonyl (C=O) groups is 3. The maximum atomic E-state index is 12.6. The van der Waals surface area contributed by atoms with E-state index in [9.17, 15) is 14.4 Å². The predicted octanol–water partition coefficient (Wildman–Crippen LogP) is 1.53. The highest BCUT2D eigenvalue weighted by molar-refractivity contribution is 6.35. The third kappa shape index (κ3) is 4.52. The number of benzene rings is 2. The molecule has 4 rings (SSSR count). The van der Waals surface area contributed by atoms with E-state index in [1.165, 1.54) is 0 Å². The monoisotopic (exact) mass is 407 g/mol. The van der Waals surface area contributed by atoms with E-state index in [0.717, 1.165) is 11.1 Å². The van der Waals surface area contributed by atoms with Crippen LogP contribution in [0, 0.1) is 0 Å². The van der Waals surface area contributed by atoms with Gasteiger partial charge < -0.3 is 19.4 Å². The summed E-state index contributed by atoms with van der Waals surface area (Å²) in [5, 5.41) is 0. The Morgan fingerprint density at radius 1 is 0.733 bits per heavy atom. The fourth-order valence-corrected chi connectivity index (χ4v) is 3.74. The molecule has 2 aromatic rings. The summed E-state index contributed by atoms with van der Waals surface area (Å²) in [5.41, 5.74) is 2.52. The van der Waals surface area contributed by atoms with E-state index in [4.69, 9.17) is 4.74 Å². The summed E-state index contributed by atoms with van der Waals surface area (Å²) in [5.74, 6) is -0.958. The lowest BCUT2D eigenvalue weighted by atomic mass is 10.1. The fraction of sp³-hybridized carbons (Fsp3) is 0.348. The molecule has 3 amide bonds. The predicted molar refractivity (Wildman–Crippen MR) is 110 cm³/mol. The Morgan fingerprint density at radius 2 is 1.27 bits per heavy atom. The zero-order valence-corrected chi connectivity index (χ0v) is 16.8. The molecule has 2 saturated heterocycles. The van der Waals surface area contributed by atoms with Crippen LogP contribution < -0.4 is 0 Å². The number of carbonyl (C=O) groups excluding carboxylic acids is 3. The first-order valence-electron chi connectivity index (χ1n) is 10.2. The van der Waals surface area contributed by atoms with Crippen LogP contribution in [0.1, 0.15) is 21.5 Å². The zero-order chi connectivity index (χ0) is 20.9. The van der Waals surface area contributed by atoms with Crippen LogP contribution in [0.2, 0.25) is 0 Å². The average molecular weight is 407 g/mol. The third-order valence-corrected chi connectivity index (χ3v) is 5.49. The molecular weight excluding hydrogens is 382 g/mol. The highest BCUT2D eigenvalue weighted by Crippen LogP contribution is 2.15. The van der Waals surface area contributed by atoms with Gasteiger partial charge in [-0.2, -0.15) is 0 Å². The minimum atomic E-state index is -0.481. The molecule has 2 aromatic carbocycles. The van der Waals surface area contributed by atoms with Gasteiger partial charge in [0.1, 0.15) is 0 Å². The molecule has 30 heavy (non-hydrogen) atoms. The lowest BCUT2D eigenvalue weighted by Gasteiger charge is -2.34. The van der Waals surface area contributed by atoms with Crippen molar-refractivity contribution in [1.29, 1.82) is 0 Å². The number of piperazine rings is 1. The molecule has 7 nitrogen and oxygen atoms in total.